The largest absolute Gasteiger partial charge is 0.491 e. The second-order valence-corrected chi connectivity index (χ2v) is 4.65. The Morgan fingerprint density at radius 2 is 1.86 bits per heavy atom. The maximum Gasteiger partial charge on any atom is 0.371 e. The fourth-order valence-corrected chi connectivity index (χ4v) is 2.22. The van der Waals surface area contributed by atoms with Crippen LogP contribution in [0, 0.1) is 0 Å². The Labute approximate surface area is 120 Å². The van der Waals surface area contributed by atoms with E-state index in [2.05, 4.69) is 0 Å². The summed E-state index contributed by atoms with van der Waals surface area (Å²) in [5.74, 6) is -1.00. The highest BCUT2D eigenvalue weighted by Gasteiger charge is 2.24. The lowest BCUT2D eigenvalue weighted by molar-refractivity contribution is 0.0644. The summed E-state index contributed by atoms with van der Waals surface area (Å²) in [6.45, 7) is 1.20. The number of benzene rings is 1. The Morgan fingerprint density at radius 3 is 2.62 bits per heavy atom. The molecular weight excluding hydrogens is 274 g/mol. The number of furan rings is 1. The van der Waals surface area contributed by atoms with Gasteiger partial charge in [-0.3, -0.25) is 4.79 Å². The van der Waals surface area contributed by atoms with Crippen LogP contribution in [-0.2, 0) is 6.54 Å². The number of carbonyl (C=O) groups is 2. The first-order chi connectivity index (χ1) is 10.1. The number of carboxylic acid groups (broad SMARTS) is 1. The Balaban J connectivity index is 1.83. The zero-order valence-corrected chi connectivity index (χ0v) is 11.1. The van der Waals surface area contributed by atoms with Gasteiger partial charge in [0.1, 0.15) is 12.4 Å². The lowest BCUT2D eigenvalue weighted by Gasteiger charge is -2.18. The molecule has 6 heteroatoms. The van der Waals surface area contributed by atoms with Gasteiger partial charge in [0.15, 0.2) is 5.76 Å². The maximum atomic E-state index is 12.4. The fourth-order valence-electron chi connectivity index (χ4n) is 2.22. The molecule has 0 fully saturated rings. The van der Waals surface area contributed by atoms with Crippen LogP contribution >= 0.6 is 0 Å². The maximum absolute atomic E-state index is 12.4. The molecule has 1 amide bonds. The number of ether oxygens (including phenoxy) is 1. The number of rotatable bonds is 2. The molecule has 2 heterocycles. The third-order valence-electron chi connectivity index (χ3n) is 3.27. The van der Waals surface area contributed by atoms with E-state index in [0.29, 0.717) is 19.7 Å². The summed E-state index contributed by atoms with van der Waals surface area (Å²) in [7, 11) is 0. The zero-order valence-electron chi connectivity index (χ0n) is 11.1. The number of aromatic carboxylic acids is 1. The van der Waals surface area contributed by atoms with Gasteiger partial charge in [0.25, 0.3) is 5.91 Å². The van der Waals surface area contributed by atoms with Crippen molar-refractivity contribution in [3.05, 3.63) is 53.5 Å². The molecule has 0 saturated carbocycles. The smallest absolute Gasteiger partial charge is 0.371 e. The van der Waals surface area contributed by atoms with Crippen LogP contribution in [0.4, 0.5) is 0 Å². The van der Waals surface area contributed by atoms with Crippen molar-refractivity contribution in [2.45, 2.75) is 6.54 Å². The number of carboxylic acids is 1. The quantitative estimate of drug-likeness (QED) is 0.914. The summed E-state index contributed by atoms with van der Waals surface area (Å²) >= 11 is 0. The lowest BCUT2D eigenvalue weighted by Crippen LogP contribution is -2.32. The van der Waals surface area contributed by atoms with Gasteiger partial charge < -0.3 is 19.2 Å². The number of amides is 1. The van der Waals surface area contributed by atoms with Gasteiger partial charge in [-0.25, -0.2) is 4.79 Å². The first-order valence-electron chi connectivity index (χ1n) is 6.48. The molecule has 0 unspecified atom stereocenters. The standard InChI is InChI=1S/C15H13NO5/c17-14(12-5-6-13(21-12)15(18)19)16-7-8-20-11-4-2-1-3-10(11)9-16/h1-6H,7-9H2,(H,18,19). The van der Waals surface area contributed by atoms with Crippen LogP contribution in [0.1, 0.15) is 26.7 Å². The molecule has 0 atom stereocenters. The second kappa shape index (κ2) is 5.32. The van der Waals surface area contributed by atoms with E-state index in [4.69, 9.17) is 14.3 Å². The first-order valence-corrected chi connectivity index (χ1v) is 6.48. The topological polar surface area (TPSA) is 80.0 Å². The molecule has 21 heavy (non-hydrogen) atoms. The summed E-state index contributed by atoms with van der Waals surface area (Å²) in [5, 5.41) is 8.83. The van der Waals surface area contributed by atoms with E-state index >= 15 is 0 Å². The number of hydrogen-bond acceptors (Lipinski definition) is 4. The molecule has 1 N–H and O–H groups in total. The molecule has 0 saturated heterocycles. The van der Waals surface area contributed by atoms with Gasteiger partial charge in [0.2, 0.25) is 5.76 Å². The summed E-state index contributed by atoms with van der Waals surface area (Å²) < 4.78 is 10.6. The average Bonchev–Trinajstić information content (AvgIpc) is 2.87. The number of nitrogens with zero attached hydrogens (tertiary/aromatic N) is 1. The summed E-state index contributed by atoms with van der Waals surface area (Å²) in [6.07, 6.45) is 0. The van der Waals surface area contributed by atoms with Crippen molar-refractivity contribution >= 4 is 11.9 Å². The first kappa shape index (κ1) is 13.2. The van der Waals surface area contributed by atoms with E-state index < -0.39 is 5.97 Å². The highest BCUT2D eigenvalue weighted by molar-refractivity contribution is 5.93. The van der Waals surface area contributed by atoms with Gasteiger partial charge in [-0.05, 0) is 18.2 Å². The molecule has 0 spiro atoms. The average molecular weight is 287 g/mol. The molecule has 108 valence electrons. The van der Waals surface area contributed by atoms with Gasteiger partial charge in [0.05, 0.1) is 6.54 Å². The van der Waals surface area contributed by atoms with Crippen LogP contribution in [0.25, 0.3) is 0 Å². The van der Waals surface area contributed by atoms with Crippen molar-refractivity contribution < 1.29 is 23.8 Å². The molecule has 1 aliphatic rings. The molecule has 1 aromatic carbocycles. The van der Waals surface area contributed by atoms with E-state index in [-0.39, 0.29) is 17.4 Å². The van der Waals surface area contributed by atoms with Crippen LogP contribution in [0.3, 0.4) is 0 Å². The van der Waals surface area contributed by atoms with Crippen molar-refractivity contribution in [1.29, 1.82) is 0 Å². The third kappa shape index (κ3) is 2.60. The van der Waals surface area contributed by atoms with E-state index in [9.17, 15) is 9.59 Å². The molecule has 1 aromatic heterocycles. The number of hydrogen-bond donors (Lipinski definition) is 1. The van der Waals surface area contributed by atoms with Gasteiger partial charge in [0, 0.05) is 12.1 Å². The monoisotopic (exact) mass is 287 g/mol. The van der Waals surface area contributed by atoms with E-state index in [1.165, 1.54) is 12.1 Å². The SMILES string of the molecule is O=C(O)c1ccc(C(=O)N2CCOc3ccccc3C2)o1. The minimum atomic E-state index is -1.20. The normalized spacial score (nSPS) is 14.0. The Morgan fingerprint density at radius 1 is 1.10 bits per heavy atom. The van der Waals surface area contributed by atoms with Gasteiger partial charge in [-0.2, -0.15) is 0 Å². The second-order valence-electron chi connectivity index (χ2n) is 4.65. The predicted octanol–water partition coefficient (Wildman–Crippen LogP) is 2.01. The van der Waals surface area contributed by atoms with Crippen molar-refractivity contribution in [3.8, 4) is 5.75 Å². The third-order valence-corrected chi connectivity index (χ3v) is 3.27. The Kier molecular flexibility index (Phi) is 3.35. The van der Waals surface area contributed by atoms with E-state index in [1.807, 2.05) is 24.3 Å². The summed E-state index contributed by atoms with van der Waals surface area (Å²) in [4.78, 5) is 24.8. The molecule has 3 rings (SSSR count). The minimum Gasteiger partial charge on any atom is -0.491 e. The van der Waals surface area contributed by atoms with E-state index in [1.54, 1.807) is 4.90 Å². The van der Waals surface area contributed by atoms with Crippen molar-refractivity contribution in [1.82, 2.24) is 4.90 Å². The molecule has 2 aromatic rings. The molecule has 1 aliphatic heterocycles. The van der Waals surface area contributed by atoms with Crippen LogP contribution in [0.2, 0.25) is 0 Å². The minimum absolute atomic E-state index is 0.0202. The van der Waals surface area contributed by atoms with Crippen LogP contribution in [0.5, 0.6) is 5.75 Å². The Bertz CT molecular complexity index is 691. The predicted molar refractivity (Wildman–Crippen MR) is 72.3 cm³/mol. The lowest BCUT2D eigenvalue weighted by atomic mass is 10.2. The molecule has 0 aliphatic carbocycles. The molecular formula is C15H13NO5. The highest BCUT2D eigenvalue weighted by Crippen LogP contribution is 2.23. The summed E-state index contributed by atoms with van der Waals surface area (Å²) in [5.41, 5.74) is 0.911. The van der Waals surface area contributed by atoms with Crippen LogP contribution < -0.4 is 4.74 Å². The van der Waals surface area contributed by atoms with Gasteiger partial charge in [-0.15, -0.1) is 0 Å². The van der Waals surface area contributed by atoms with Crippen LogP contribution in [0.15, 0.2) is 40.8 Å². The zero-order chi connectivity index (χ0) is 14.8. The van der Waals surface area contributed by atoms with Gasteiger partial charge >= 0.3 is 5.97 Å². The molecule has 0 bridgehead atoms. The number of fused-ring (bicyclic) bond motifs is 1. The molecule has 6 nitrogen and oxygen atoms in total. The Hall–Kier alpha value is -2.76. The fraction of sp³-hybridized carbons (Fsp3) is 0.200. The van der Waals surface area contributed by atoms with E-state index in [0.717, 1.165) is 11.3 Å². The highest BCUT2D eigenvalue weighted by atomic mass is 16.5. The van der Waals surface area contributed by atoms with Crippen molar-refractivity contribution in [2.24, 2.45) is 0 Å². The summed E-state index contributed by atoms with van der Waals surface area (Å²) in [6, 6.07) is 10.2. The van der Waals surface area contributed by atoms with Crippen LogP contribution in [-0.4, -0.2) is 35.0 Å². The number of para-hydroxylation sites is 1. The van der Waals surface area contributed by atoms with Crippen molar-refractivity contribution in [3.63, 3.8) is 0 Å². The van der Waals surface area contributed by atoms with Crippen molar-refractivity contribution in [2.75, 3.05) is 13.2 Å². The molecule has 0 radical (unpaired) electrons. The van der Waals surface area contributed by atoms with Gasteiger partial charge in [-0.1, -0.05) is 18.2 Å². The number of carbonyl (C=O) groups excluding carboxylic acids is 1.